The minimum absolute atomic E-state index is 0.158. The Morgan fingerprint density at radius 1 is 1.05 bits per heavy atom. The Hall–Kier alpha value is -2.07. The van der Waals surface area contributed by atoms with Gasteiger partial charge in [-0.15, -0.1) is 0 Å². The van der Waals surface area contributed by atoms with Gasteiger partial charge in [-0.2, -0.15) is 0 Å². The summed E-state index contributed by atoms with van der Waals surface area (Å²) in [7, 11) is 0. The molecule has 1 atom stereocenters. The van der Waals surface area contributed by atoms with E-state index in [9.17, 15) is 9.50 Å². The molecule has 0 bridgehead atoms. The first-order valence-electron chi connectivity index (χ1n) is 6.45. The number of para-hydroxylation sites is 1. The molecule has 0 radical (unpaired) electrons. The van der Waals surface area contributed by atoms with E-state index in [-0.39, 0.29) is 12.4 Å². The summed E-state index contributed by atoms with van der Waals surface area (Å²) in [6.45, 7) is 2.17. The van der Waals surface area contributed by atoms with Gasteiger partial charge in [-0.3, -0.25) is 0 Å². The molecule has 0 aliphatic carbocycles. The molecule has 0 saturated carbocycles. The maximum atomic E-state index is 13.7. The Balaban J connectivity index is 1.82. The van der Waals surface area contributed by atoms with Crippen LogP contribution in [0, 0.1) is 5.82 Å². The van der Waals surface area contributed by atoms with Gasteiger partial charge in [0.1, 0.15) is 19.0 Å². The second-order valence-electron chi connectivity index (χ2n) is 4.38. The average molecular weight is 276 g/mol. The maximum absolute atomic E-state index is 13.7. The lowest BCUT2D eigenvalue weighted by Crippen LogP contribution is -2.09. The van der Waals surface area contributed by atoms with Gasteiger partial charge in [-0.1, -0.05) is 24.3 Å². The van der Waals surface area contributed by atoms with Gasteiger partial charge < -0.3 is 14.6 Å². The zero-order chi connectivity index (χ0) is 14.4. The summed E-state index contributed by atoms with van der Waals surface area (Å²) < 4.78 is 24.4. The first-order chi connectivity index (χ1) is 9.66. The van der Waals surface area contributed by atoms with Crippen molar-refractivity contribution in [1.82, 2.24) is 0 Å². The number of aliphatic hydroxyl groups is 1. The molecule has 20 heavy (non-hydrogen) atoms. The van der Waals surface area contributed by atoms with Crippen LogP contribution < -0.4 is 9.47 Å². The van der Waals surface area contributed by atoms with Gasteiger partial charge in [-0.05, 0) is 36.8 Å². The standard InChI is InChI=1S/C16H17FO3/c1-12(18)13-7-8-16(15(17)11-13)20-10-9-19-14-5-3-2-4-6-14/h2-8,11-12,18H,9-10H2,1H3/t12-/m0/s1. The van der Waals surface area contributed by atoms with Crippen molar-refractivity contribution in [3.63, 3.8) is 0 Å². The van der Waals surface area contributed by atoms with E-state index in [4.69, 9.17) is 9.47 Å². The summed E-state index contributed by atoms with van der Waals surface area (Å²) in [4.78, 5) is 0. The fraction of sp³-hybridized carbons (Fsp3) is 0.250. The van der Waals surface area contributed by atoms with Gasteiger partial charge in [0.2, 0.25) is 0 Å². The van der Waals surface area contributed by atoms with Crippen molar-refractivity contribution in [2.45, 2.75) is 13.0 Å². The van der Waals surface area contributed by atoms with Crippen molar-refractivity contribution >= 4 is 0 Å². The minimum atomic E-state index is -0.694. The molecule has 2 aromatic rings. The van der Waals surface area contributed by atoms with Gasteiger partial charge in [0.25, 0.3) is 0 Å². The highest BCUT2D eigenvalue weighted by molar-refractivity contribution is 5.30. The Morgan fingerprint density at radius 2 is 1.75 bits per heavy atom. The number of halogens is 1. The zero-order valence-electron chi connectivity index (χ0n) is 11.3. The Morgan fingerprint density at radius 3 is 2.40 bits per heavy atom. The van der Waals surface area contributed by atoms with Crippen molar-refractivity contribution in [3.8, 4) is 11.5 Å². The molecule has 0 aliphatic heterocycles. The molecular formula is C16H17FO3. The van der Waals surface area contributed by atoms with Crippen LogP contribution in [-0.2, 0) is 0 Å². The van der Waals surface area contributed by atoms with Gasteiger partial charge in [0.15, 0.2) is 11.6 Å². The summed E-state index contributed by atoms with van der Waals surface area (Å²) in [5, 5.41) is 9.35. The van der Waals surface area contributed by atoms with E-state index in [2.05, 4.69) is 0 Å². The van der Waals surface area contributed by atoms with Crippen LogP contribution in [0.15, 0.2) is 48.5 Å². The topological polar surface area (TPSA) is 38.7 Å². The Labute approximate surface area is 117 Å². The molecule has 0 amide bonds. The Bertz CT molecular complexity index is 541. The molecule has 4 heteroatoms. The predicted octanol–water partition coefficient (Wildman–Crippen LogP) is 3.34. The Kier molecular flexibility index (Phi) is 4.96. The van der Waals surface area contributed by atoms with E-state index >= 15 is 0 Å². The van der Waals surface area contributed by atoms with E-state index < -0.39 is 11.9 Å². The zero-order valence-corrected chi connectivity index (χ0v) is 11.3. The number of rotatable bonds is 6. The molecule has 3 nitrogen and oxygen atoms in total. The number of hydrogen-bond acceptors (Lipinski definition) is 3. The molecule has 2 aromatic carbocycles. The third-order valence-electron chi connectivity index (χ3n) is 2.79. The highest BCUT2D eigenvalue weighted by atomic mass is 19.1. The minimum Gasteiger partial charge on any atom is -0.490 e. The second kappa shape index (κ2) is 6.91. The molecular weight excluding hydrogens is 259 g/mol. The normalized spacial score (nSPS) is 11.9. The van der Waals surface area contributed by atoms with Crippen molar-refractivity contribution in [3.05, 3.63) is 59.9 Å². The van der Waals surface area contributed by atoms with Crippen LogP contribution in [-0.4, -0.2) is 18.3 Å². The van der Waals surface area contributed by atoms with E-state index in [1.54, 1.807) is 13.0 Å². The van der Waals surface area contributed by atoms with Crippen LogP contribution in [0.1, 0.15) is 18.6 Å². The summed E-state index contributed by atoms with van der Waals surface area (Å²) >= 11 is 0. The van der Waals surface area contributed by atoms with Crippen molar-refractivity contribution in [2.75, 3.05) is 13.2 Å². The van der Waals surface area contributed by atoms with Gasteiger partial charge >= 0.3 is 0 Å². The highest BCUT2D eigenvalue weighted by Gasteiger charge is 2.07. The van der Waals surface area contributed by atoms with Crippen molar-refractivity contribution < 1.29 is 19.0 Å². The molecule has 0 saturated heterocycles. The molecule has 0 aromatic heterocycles. The molecule has 106 valence electrons. The van der Waals surface area contributed by atoms with Crippen LogP contribution in [0.4, 0.5) is 4.39 Å². The van der Waals surface area contributed by atoms with Crippen LogP contribution >= 0.6 is 0 Å². The van der Waals surface area contributed by atoms with Crippen LogP contribution in [0.2, 0.25) is 0 Å². The van der Waals surface area contributed by atoms with Gasteiger partial charge in [0, 0.05) is 0 Å². The second-order valence-corrected chi connectivity index (χ2v) is 4.38. The third kappa shape index (κ3) is 3.96. The first kappa shape index (κ1) is 14.3. The van der Waals surface area contributed by atoms with Gasteiger partial charge in [-0.25, -0.2) is 4.39 Å². The largest absolute Gasteiger partial charge is 0.490 e. The molecule has 0 heterocycles. The molecule has 2 rings (SSSR count). The highest BCUT2D eigenvalue weighted by Crippen LogP contribution is 2.21. The molecule has 1 N–H and O–H groups in total. The summed E-state index contributed by atoms with van der Waals surface area (Å²) in [6.07, 6.45) is -0.694. The van der Waals surface area contributed by atoms with Gasteiger partial charge in [0.05, 0.1) is 6.10 Å². The lowest BCUT2D eigenvalue weighted by atomic mass is 10.1. The predicted molar refractivity (Wildman–Crippen MR) is 74.5 cm³/mol. The number of ether oxygens (including phenoxy) is 2. The lowest BCUT2D eigenvalue weighted by Gasteiger charge is -2.10. The maximum Gasteiger partial charge on any atom is 0.165 e. The quantitative estimate of drug-likeness (QED) is 0.822. The smallest absolute Gasteiger partial charge is 0.165 e. The summed E-state index contributed by atoms with van der Waals surface area (Å²) in [6, 6.07) is 13.8. The number of aliphatic hydroxyl groups excluding tert-OH is 1. The SMILES string of the molecule is C[C@H](O)c1ccc(OCCOc2ccccc2)c(F)c1. The van der Waals surface area contributed by atoms with E-state index in [1.165, 1.54) is 12.1 Å². The molecule has 0 fully saturated rings. The summed E-state index contributed by atoms with van der Waals surface area (Å²) in [5.41, 5.74) is 0.524. The van der Waals surface area contributed by atoms with Crippen LogP contribution in [0.3, 0.4) is 0 Å². The van der Waals surface area contributed by atoms with Crippen LogP contribution in [0.5, 0.6) is 11.5 Å². The fourth-order valence-electron chi connectivity index (χ4n) is 1.72. The van der Waals surface area contributed by atoms with Crippen molar-refractivity contribution in [2.24, 2.45) is 0 Å². The molecule has 0 unspecified atom stereocenters. The van der Waals surface area contributed by atoms with E-state index in [0.29, 0.717) is 12.2 Å². The molecule has 0 aliphatic rings. The molecule has 0 spiro atoms. The van der Waals surface area contributed by atoms with Crippen LogP contribution in [0.25, 0.3) is 0 Å². The monoisotopic (exact) mass is 276 g/mol. The summed E-state index contributed by atoms with van der Waals surface area (Å²) in [5.74, 6) is 0.426. The lowest BCUT2D eigenvalue weighted by molar-refractivity contribution is 0.197. The van der Waals surface area contributed by atoms with Crippen molar-refractivity contribution in [1.29, 1.82) is 0 Å². The fourth-order valence-corrected chi connectivity index (χ4v) is 1.72. The first-order valence-corrected chi connectivity index (χ1v) is 6.45. The van der Waals surface area contributed by atoms with E-state index in [0.717, 1.165) is 5.75 Å². The number of benzene rings is 2. The third-order valence-corrected chi connectivity index (χ3v) is 2.79. The number of hydrogen-bond donors (Lipinski definition) is 1. The average Bonchev–Trinajstić information content (AvgIpc) is 2.46. The van der Waals surface area contributed by atoms with E-state index in [1.807, 2.05) is 30.3 Å².